The van der Waals surface area contributed by atoms with Crippen LogP contribution in [0.15, 0.2) is 182 Å². The monoisotopic (exact) mass is 685 g/mol. The topological polar surface area (TPSA) is 38.7 Å². The van der Waals surface area contributed by atoms with Gasteiger partial charge in [0.1, 0.15) is 0 Å². The summed E-state index contributed by atoms with van der Waals surface area (Å²) < 4.78 is 0. The molecule has 0 atom stereocenters. The van der Waals surface area contributed by atoms with Gasteiger partial charge in [0.25, 0.3) is 0 Å². The molecule has 3 nitrogen and oxygen atoms in total. The van der Waals surface area contributed by atoms with Crippen molar-refractivity contribution in [3.8, 4) is 56.4 Å². The number of nitrogens with zero attached hydrogens (tertiary/aromatic N) is 3. The van der Waals surface area contributed by atoms with Crippen molar-refractivity contribution in [1.29, 1.82) is 0 Å². The molecule has 8 aromatic rings. The highest BCUT2D eigenvalue weighted by atomic mass is 31.1. The number of hydrogen-bond donors (Lipinski definition) is 0. The van der Waals surface area contributed by atoms with Crippen LogP contribution >= 0.6 is 7.92 Å². The van der Waals surface area contributed by atoms with Gasteiger partial charge in [0.05, 0.1) is 0 Å². The average Bonchev–Trinajstić information content (AvgIpc) is 3.44. The molecular weight excluding hydrogens is 650 g/mol. The van der Waals surface area contributed by atoms with E-state index < -0.39 is 7.92 Å². The zero-order valence-corrected chi connectivity index (χ0v) is 30.0. The number of fused-ring (bicyclic) bond motifs is 3. The van der Waals surface area contributed by atoms with Crippen LogP contribution in [0, 0.1) is 0 Å². The van der Waals surface area contributed by atoms with Crippen molar-refractivity contribution in [2.75, 3.05) is 0 Å². The van der Waals surface area contributed by atoms with E-state index in [1.165, 1.54) is 43.7 Å². The first-order valence-electron chi connectivity index (χ1n) is 17.7. The molecule has 0 saturated heterocycles. The van der Waals surface area contributed by atoms with Gasteiger partial charge >= 0.3 is 0 Å². The second-order valence-corrected chi connectivity index (χ2v) is 16.0. The molecule has 1 aliphatic carbocycles. The zero-order valence-electron chi connectivity index (χ0n) is 29.1. The minimum absolute atomic E-state index is 0.105. The highest BCUT2D eigenvalue weighted by molar-refractivity contribution is 7.79. The fraction of sp³-hybridized carbons (Fsp3) is 0.0625. The lowest BCUT2D eigenvalue weighted by atomic mass is 9.81. The first-order valence-corrected chi connectivity index (χ1v) is 19.0. The molecule has 0 bridgehead atoms. The molecule has 1 aromatic heterocycles. The summed E-state index contributed by atoms with van der Waals surface area (Å²) in [7, 11) is -0.895. The molecule has 9 rings (SSSR count). The zero-order chi connectivity index (χ0) is 35.1. The molecule has 7 aromatic carbocycles. The summed E-state index contributed by atoms with van der Waals surface area (Å²) in [6.45, 7) is 4.68. The Kier molecular flexibility index (Phi) is 8.15. The molecule has 0 saturated carbocycles. The third-order valence-electron chi connectivity index (χ3n) is 10.1. The van der Waals surface area contributed by atoms with Gasteiger partial charge in [-0.15, -0.1) is 0 Å². The van der Waals surface area contributed by atoms with Crippen LogP contribution in [0.2, 0.25) is 0 Å². The first-order chi connectivity index (χ1) is 25.5. The van der Waals surface area contributed by atoms with Crippen LogP contribution in [-0.4, -0.2) is 15.0 Å². The fourth-order valence-corrected chi connectivity index (χ4v) is 9.83. The molecule has 0 spiro atoms. The van der Waals surface area contributed by atoms with E-state index in [0.717, 1.165) is 22.3 Å². The van der Waals surface area contributed by atoms with E-state index >= 15 is 0 Å². The van der Waals surface area contributed by atoms with Gasteiger partial charge in [-0.3, -0.25) is 0 Å². The van der Waals surface area contributed by atoms with E-state index in [0.29, 0.717) is 17.5 Å². The van der Waals surface area contributed by atoms with E-state index in [4.69, 9.17) is 15.0 Å². The summed E-state index contributed by atoms with van der Waals surface area (Å²) in [5, 5.41) is 3.83. The normalized spacial score (nSPS) is 12.8. The lowest BCUT2D eigenvalue weighted by molar-refractivity contribution is 0.660. The summed E-state index contributed by atoms with van der Waals surface area (Å²) in [5.74, 6) is 1.96. The molecule has 4 heteroatoms. The lowest BCUT2D eigenvalue weighted by Crippen LogP contribution is -2.21. The van der Waals surface area contributed by atoms with Gasteiger partial charge in [-0.2, -0.15) is 0 Å². The molecule has 0 N–H and O–H groups in total. The molecular formula is C48H36N3P. The van der Waals surface area contributed by atoms with Crippen LogP contribution in [0.1, 0.15) is 25.0 Å². The third kappa shape index (κ3) is 5.84. The predicted molar refractivity (Wildman–Crippen MR) is 218 cm³/mol. The Morgan fingerprint density at radius 1 is 0.346 bits per heavy atom. The third-order valence-corrected chi connectivity index (χ3v) is 12.5. The molecule has 0 aliphatic heterocycles. The molecule has 52 heavy (non-hydrogen) atoms. The van der Waals surface area contributed by atoms with Crippen molar-refractivity contribution in [2.45, 2.75) is 19.3 Å². The maximum Gasteiger partial charge on any atom is 0.164 e. The molecule has 0 radical (unpaired) electrons. The van der Waals surface area contributed by atoms with E-state index in [-0.39, 0.29) is 5.41 Å². The van der Waals surface area contributed by atoms with Crippen molar-refractivity contribution in [1.82, 2.24) is 15.0 Å². The first kappa shape index (κ1) is 31.9. The summed E-state index contributed by atoms with van der Waals surface area (Å²) in [6.07, 6.45) is 0. The predicted octanol–water partition coefficient (Wildman–Crippen LogP) is 10.6. The van der Waals surface area contributed by atoms with Gasteiger partial charge in [-0.25, -0.2) is 15.0 Å². The van der Waals surface area contributed by atoms with E-state index in [1.54, 1.807) is 0 Å². The summed E-state index contributed by atoms with van der Waals surface area (Å²) in [5.41, 5.74) is 10.5. The van der Waals surface area contributed by atoms with Crippen LogP contribution in [0.25, 0.3) is 56.4 Å². The maximum absolute atomic E-state index is 5.17. The van der Waals surface area contributed by atoms with Crippen LogP contribution in [0.3, 0.4) is 0 Å². The highest BCUT2D eigenvalue weighted by Crippen LogP contribution is 2.49. The second-order valence-electron chi connectivity index (χ2n) is 13.7. The van der Waals surface area contributed by atoms with Gasteiger partial charge in [0.2, 0.25) is 0 Å². The van der Waals surface area contributed by atoms with Gasteiger partial charge in [0, 0.05) is 22.1 Å². The Hall–Kier alpha value is -6.02. The molecule has 0 amide bonds. The Bertz CT molecular complexity index is 2440. The van der Waals surface area contributed by atoms with E-state index in [1.807, 2.05) is 36.4 Å². The SMILES string of the molecule is CC1(C)c2ccccc2-c2ccc(-c3cc(-c4nc(-c5ccccc5)nc(-c5ccccc5)n4)cc(P(c4ccccc4)c4ccccc4)c3)cc21. The number of rotatable bonds is 7. The summed E-state index contributed by atoms with van der Waals surface area (Å²) in [4.78, 5) is 15.3. The highest BCUT2D eigenvalue weighted by Gasteiger charge is 2.35. The minimum atomic E-state index is -0.895. The summed E-state index contributed by atoms with van der Waals surface area (Å²) >= 11 is 0. The van der Waals surface area contributed by atoms with Gasteiger partial charge in [-0.1, -0.05) is 172 Å². The minimum Gasteiger partial charge on any atom is -0.208 e. The second kappa shape index (κ2) is 13.3. The molecule has 0 fully saturated rings. The maximum atomic E-state index is 5.17. The molecule has 1 heterocycles. The smallest absolute Gasteiger partial charge is 0.164 e. The fourth-order valence-electron chi connectivity index (χ4n) is 7.46. The van der Waals surface area contributed by atoms with Crippen LogP contribution in [0.4, 0.5) is 0 Å². The van der Waals surface area contributed by atoms with E-state index in [2.05, 4.69) is 159 Å². The van der Waals surface area contributed by atoms with Gasteiger partial charge < -0.3 is 0 Å². The Labute approximate surface area is 306 Å². The van der Waals surface area contributed by atoms with Crippen LogP contribution < -0.4 is 15.9 Å². The van der Waals surface area contributed by atoms with Crippen molar-refractivity contribution in [3.63, 3.8) is 0 Å². The van der Waals surface area contributed by atoms with Gasteiger partial charge in [-0.05, 0) is 81.5 Å². The molecule has 0 unspecified atom stereocenters. The number of benzene rings is 7. The van der Waals surface area contributed by atoms with Crippen LogP contribution in [0.5, 0.6) is 0 Å². The number of hydrogen-bond acceptors (Lipinski definition) is 3. The number of aromatic nitrogens is 3. The Morgan fingerprint density at radius 3 is 1.38 bits per heavy atom. The van der Waals surface area contributed by atoms with Crippen molar-refractivity contribution < 1.29 is 0 Å². The Morgan fingerprint density at radius 2 is 0.808 bits per heavy atom. The van der Waals surface area contributed by atoms with Crippen LogP contribution in [-0.2, 0) is 5.41 Å². The average molecular weight is 686 g/mol. The largest absolute Gasteiger partial charge is 0.208 e. The van der Waals surface area contributed by atoms with Crippen molar-refractivity contribution in [2.24, 2.45) is 0 Å². The van der Waals surface area contributed by atoms with E-state index in [9.17, 15) is 0 Å². The quantitative estimate of drug-likeness (QED) is 0.157. The van der Waals surface area contributed by atoms with Gasteiger partial charge in [0.15, 0.2) is 17.5 Å². The van der Waals surface area contributed by atoms with Crippen molar-refractivity contribution in [3.05, 3.63) is 193 Å². The summed E-state index contributed by atoms with van der Waals surface area (Å²) in [6, 6.07) is 64.9. The molecule has 1 aliphatic rings. The Balaban J connectivity index is 1.29. The van der Waals surface area contributed by atoms with Crippen molar-refractivity contribution >= 4 is 23.8 Å². The molecule has 248 valence electrons. The lowest BCUT2D eigenvalue weighted by Gasteiger charge is -2.23. The standard InChI is InChI=1S/C48H36N3P/c1-48(2)43-26-16-15-25-41(43)42-28-27-35(32-44(42)48)36-29-37(31-40(30-36)52(38-21-11-5-12-22-38)39-23-13-6-14-24-39)47-50-45(33-17-7-3-8-18-33)49-46(51-47)34-19-9-4-10-20-34/h3-32H,1-2H3.